The van der Waals surface area contributed by atoms with Crippen molar-refractivity contribution in [2.24, 2.45) is 0 Å². The van der Waals surface area contributed by atoms with E-state index >= 15 is 0 Å². The summed E-state index contributed by atoms with van der Waals surface area (Å²) in [4.78, 5) is 0. The van der Waals surface area contributed by atoms with Gasteiger partial charge in [0.2, 0.25) is 0 Å². The molecule has 0 aliphatic rings. The number of phosphoric acid groups is 1. The van der Waals surface area contributed by atoms with Crippen LogP contribution in [0.2, 0.25) is 10.0 Å². The second-order valence-electron chi connectivity index (χ2n) is 4.39. The maximum Gasteiger partial charge on any atom is 0.560 e. The summed E-state index contributed by atoms with van der Waals surface area (Å²) < 4.78 is 38.1. The Labute approximate surface area is 148 Å². The lowest BCUT2D eigenvalue weighted by molar-refractivity contribution is 0.315. The highest BCUT2D eigenvalue weighted by molar-refractivity contribution is 8.26. The van der Waals surface area contributed by atoms with Crippen molar-refractivity contribution >= 4 is 54.5 Å². The van der Waals surface area contributed by atoms with E-state index in [4.69, 9.17) is 31.7 Å². The Hall–Kier alpha value is 0.410. The van der Waals surface area contributed by atoms with Crippen molar-refractivity contribution < 1.29 is 21.6 Å². The second kappa shape index (κ2) is 9.04. The van der Waals surface area contributed by atoms with Gasteiger partial charge in [-0.25, -0.2) is 8.54 Å². The van der Waals surface area contributed by atoms with Crippen LogP contribution in [0.1, 0.15) is 26.7 Å². The predicted molar refractivity (Wildman–Crippen MR) is 96.4 cm³/mol. The third-order valence-electron chi connectivity index (χ3n) is 2.70. The van der Waals surface area contributed by atoms with E-state index in [0.29, 0.717) is 16.5 Å². The first kappa shape index (κ1) is 20.5. The fourth-order valence-corrected chi connectivity index (χ4v) is 6.11. The van der Waals surface area contributed by atoms with Crippen LogP contribution in [0.3, 0.4) is 0 Å². The third kappa shape index (κ3) is 6.13. The standard InChI is InChI=1S/C12H19Cl2O5PS2/c1-3-5-8-22(16,4-2)19-20(15,18-21)17-12-7-6-10(13)9-11(12)14/h6-7,9,16,21H,3-5,8H2,1-2H3. The molecule has 0 saturated heterocycles. The van der Waals surface area contributed by atoms with E-state index in [1.807, 2.05) is 6.92 Å². The molecule has 0 aliphatic heterocycles. The largest absolute Gasteiger partial charge is 0.560 e. The van der Waals surface area contributed by atoms with Crippen LogP contribution < -0.4 is 4.52 Å². The molecule has 1 rings (SSSR count). The van der Waals surface area contributed by atoms with Crippen LogP contribution in [0.25, 0.3) is 0 Å². The maximum absolute atomic E-state index is 12.6. The summed E-state index contributed by atoms with van der Waals surface area (Å²) in [6, 6.07) is 4.37. The van der Waals surface area contributed by atoms with Crippen molar-refractivity contribution in [3.63, 3.8) is 0 Å². The van der Waals surface area contributed by atoms with Gasteiger partial charge in [-0.15, -0.1) is 0 Å². The predicted octanol–water partition coefficient (Wildman–Crippen LogP) is 6.37. The Morgan fingerprint density at radius 2 is 2.05 bits per heavy atom. The Bertz CT molecular complexity index is 548. The van der Waals surface area contributed by atoms with Crippen LogP contribution in [0, 0.1) is 0 Å². The molecule has 2 unspecified atom stereocenters. The number of hydrogen-bond acceptors (Lipinski definition) is 6. The topological polar surface area (TPSA) is 65.0 Å². The molecule has 5 nitrogen and oxygen atoms in total. The van der Waals surface area contributed by atoms with Gasteiger partial charge in [0.15, 0.2) is 0 Å². The zero-order valence-electron chi connectivity index (χ0n) is 12.2. The molecule has 0 saturated carbocycles. The lowest BCUT2D eigenvalue weighted by Crippen LogP contribution is -2.12. The van der Waals surface area contributed by atoms with Crippen LogP contribution in [0.15, 0.2) is 18.2 Å². The van der Waals surface area contributed by atoms with Crippen molar-refractivity contribution in [3.8, 4) is 5.75 Å². The van der Waals surface area contributed by atoms with Crippen LogP contribution in [0.4, 0.5) is 0 Å². The number of halogens is 2. The molecule has 128 valence electrons. The van der Waals surface area contributed by atoms with Crippen LogP contribution in [-0.2, 0) is 12.5 Å². The van der Waals surface area contributed by atoms with Gasteiger partial charge in [0.05, 0.1) is 5.02 Å². The zero-order valence-corrected chi connectivity index (χ0v) is 16.3. The van der Waals surface area contributed by atoms with Gasteiger partial charge in [-0.2, -0.15) is 14.6 Å². The van der Waals surface area contributed by atoms with Gasteiger partial charge in [0.1, 0.15) is 5.75 Å². The average Bonchev–Trinajstić information content (AvgIpc) is 2.48. The highest BCUT2D eigenvalue weighted by Gasteiger charge is 2.36. The Morgan fingerprint density at radius 1 is 1.36 bits per heavy atom. The van der Waals surface area contributed by atoms with Gasteiger partial charge in [0.25, 0.3) is 0 Å². The number of benzene rings is 1. The number of hydrogen-bond donors (Lipinski definition) is 2. The molecule has 1 aromatic carbocycles. The Morgan fingerprint density at radius 3 is 2.55 bits per heavy atom. The molecule has 1 aromatic rings. The average molecular weight is 409 g/mol. The molecule has 10 heteroatoms. The minimum atomic E-state index is -4.12. The van der Waals surface area contributed by atoms with E-state index in [2.05, 4.69) is 16.9 Å². The molecule has 0 radical (unpaired) electrons. The van der Waals surface area contributed by atoms with E-state index in [1.165, 1.54) is 18.2 Å². The van der Waals surface area contributed by atoms with E-state index < -0.39 is 18.4 Å². The lowest BCUT2D eigenvalue weighted by atomic mass is 10.3. The van der Waals surface area contributed by atoms with Gasteiger partial charge >= 0.3 is 7.82 Å². The van der Waals surface area contributed by atoms with E-state index in [0.717, 1.165) is 12.8 Å². The molecule has 2 atom stereocenters. The van der Waals surface area contributed by atoms with Crippen molar-refractivity contribution in [2.75, 3.05) is 11.5 Å². The normalized spacial score (nSPS) is 18.3. The molecule has 0 aromatic heterocycles. The van der Waals surface area contributed by atoms with E-state index in [9.17, 15) is 9.12 Å². The van der Waals surface area contributed by atoms with Crippen LogP contribution >= 0.6 is 54.5 Å². The summed E-state index contributed by atoms with van der Waals surface area (Å²) in [5.74, 6) is 0.738. The quantitative estimate of drug-likeness (QED) is 0.282. The summed E-state index contributed by atoms with van der Waals surface area (Å²) in [6.07, 6.45) is 1.60. The third-order valence-corrected chi connectivity index (χ3v) is 8.12. The summed E-state index contributed by atoms with van der Waals surface area (Å²) >= 11 is 15.3. The SMILES string of the molecule is CCCCS(O)(CC)OP(=O)(OS)Oc1ccc(Cl)cc1Cl. The lowest BCUT2D eigenvalue weighted by Gasteiger charge is -2.37. The van der Waals surface area contributed by atoms with Gasteiger partial charge in [-0.1, -0.05) is 36.5 Å². The van der Waals surface area contributed by atoms with Gasteiger partial charge in [-0.3, -0.25) is 4.55 Å². The molecule has 0 amide bonds. The molecule has 22 heavy (non-hydrogen) atoms. The first-order chi connectivity index (χ1) is 10.3. The highest BCUT2D eigenvalue weighted by Crippen LogP contribution is 2.64. The smallest absolute Gasteiger partial charge is 0.401 e. The first-order valence-corrected chi connectivity index (χ1v) is 11.0. The minimum Gasteiger partial charge on any atom is -0.401 e. The number of unbranched alkanes of at least 4 members (excludes halogenated alkanes) is 1. The number of thiol groups is 1. The van der Waals surface area contributed by atoms with Crippen molar-refractivity contribution in [1.82, 2.24) is 0 Å². The molecule has 0 bridgehead atoms. The zero-order chi connectivity index (χ0) is 16.8. The minimum absolute atomic E-state index is 0.0665. The number of rotatable bonds is 9. The summed E-state index contributed by atoms with van der Waals surface area (Å²) in [6.45, 7) is 3.72. The van der Waals surface area contributed by atoms with Crippen molar-refractivity contribution in [2.45, 2.75) is 26.7 Å². The molecule has 0 spiro atoms. The monoisotopic (exact) mass is 408 g/mol. The van der Waals surface area contributed by atoms with Gasteiger partial charge in [-0.05, 0) is 44.5 Å². The Kier molecular flexibility index (Phi) is 8.40. The summed E-state index contributed by atoms with van der Waals surface area (Å²) in [5, 5.41) is 0.545. The molecular weight excluding hydrogens is 390 g/mol. The molecular formula is C12H19Cl2O5PS2. The summed E-state index contributed by atoms with van der Waals surface area (Å²) in [5.41, 5.74) is 0. The maximum atomic E-state index is 12.6. The molecule has 1 N–H and O–H groups in total. The van der Waals surface area contributed by atoms with Crippen LogP contribution in [0.5, 0.6) is 5.75 Å². The first-order valence-electron chi connectivity index (χ1n) is 6.57. The molecule has 0 aliphatic carbocycles. The van der Waals surface area contributed by atoms with Gasteiger partial charge < -0.3 is 4.52 Å². The second-order valence-corrected chi connectivity index (χ2v) is 10.1. The van der Waals surface area contributed by atoms with Crippen LogP contribution in [-0.4, -0.2) is 16.1 Å². The fraction of sp³-hybridized carbons (Fsp3) is 0.500. The van der Waals surface area contributed by atoms with Gasteiger partial charge in [0, 0.05) is 16.5 Å². The molecule has 0 fully saturated rings. The molecule has 0 heterocycles. The highest BCUT2D eigenvalue weighted by atomic mass is 35.5. The van der Waals surface area contributed by atoms with E-state index in [-0.39, 0.29) is 10.8 Å². The fourth-order valence-electron chi connectivity index (χ4n) is 1.49. The van der Waals surface area contributed by atoms with Crippen molar-refractivity contribution in [3.05, 3.63) is 28.2 Å². The van der Waals surface area contributed by atoms with Crippen molar-refractivity contribution in [1.29, 1.82) is 0 Å². The van der Waals surface area contributed by atoms with E-state index in [1.54, 1.807) is 6.92 Å². The summed E-state index contributed by atoms with van der Waals surface area (Å²) in [7, 11) is -6.70. The Balaban J connectivity index is 2.93.